The highest BCUT2D eigenvalue weighted by atomic mass is 16.5. The molecule has 0 aromatic carbocycles. The lowest BCUT2D eigenvalue weighted by Crippen LogP contribution is -2.54. The number of amides is 2. The molecule has 0 bridgehead atoms. The van der Waals surface area contributed by atoms with Gasteiger partial charge in [-0.15, -0.1) is 0 Å². The van der Waals surface area contributed by atoms with Gasteiger partial charge in [0, 0.05) is 58.3 Å². The molecule has 1 spiro atoms. The Hall–Kier alpha value is -1.89. The fourth-order valence-electron chi connectivity index (χ4n) is 4.19. The summed E-state index contributed by atoms with van der Waals surface area (Å²) >= 11 is 0. The first-order chi connectivity index (χ1) is 11.6. The van der Waals surface area contributed by atoms with Crippen molar-refractivity contribution < 1.29 is 14.3 Å². The molecule has 0 radical (unpaired) electrons. The van der Waals surface area contributed by atoms with Crippen molar-refractivity contribution in [1.29, 1.82) is 0 Å². The Labute approximate surface area is 141 Å². The maximum atomic E-state index is 12.8. The van der Waals surface area contributed by atoms with Gasteiger partial charge in [0.15, 0.2) is 6.10 Å². The van der Waals surface area contributed by atoms with Crippen molar-refractivity contribution in [2.24, 2.45) is 0 Å². The van der Waals surface area contributed by atoms with Crippen LogP contribution in [0.25, 0.3) is 0 Å². The number of rotatable bonds is 1. The summed E-state index contributed by atoms with van der Waals surface area (Å²) in [5.41, 5.74) is -0.548. The second kappa shape index (κ2) is 5.88. The van der Waals surface area contributed by atoms with E-state index in [4.69, 9.17) is 4.74 Å². The van der Waals surface area contributed by atoms with Gasteiger partial charge in [-0.2, -0.15) is 0 Å². The number of hydrogen-bond acceptors (Lipinski definition) is 4. The standard InChI is InChI=1S/C17H24N4O3/c1-13(22)19-9-4-17(5-10-19)16-18-6-11-21(16)12-14(24-17)15(23)20-7-2-3-8-20/h6,11,14H,2-5,7-10,12H2,1H3. The van der Waals surface area contributed by atoms with Crippen molar-refractivity contribution in [2.45, 2.75) is 50.9 Å². The number of likely N-dealkylation sites (tertiary alicyclic amines) is 2. The minimum Gasteiger partial charge on any atom is -0.352 e. The highest BCUT2D eigenvalue weighted by Crippen LogP contribution is 2.40. The van der Waals surface area contributed by atoms with Gasteiger partial charge in [0.1, 0.15) is 11.4 Å². The predicted molar refractivity (Wildman–Crippen MR) is 86.1 cm³/mol. The van der Waals surface area contributed by atoms with E-state index in [0.717, 1.165) is 31.8 Å². The molecule has 4 heterocycles. The summed E-state index contributed by atoms with van der Waals surface area (Å²) in [5.74, 6) is 1.09. The molecule has 1 atom stereocenters. The third kappa shape index (κ3) is 2.51. The Kier molecular flexibility index (Phi) is 3.83. The lowest BCUT2D eigenvalue weighted by atomic mass is 9.88. The van der Waals surface area contributed by atoms with Crippen LogP contribution in [0.1, 0.15) is 38.4 Å². The zero-order valence-corrected chi connectivity index (χ0v) is 14.1. The number of hydrogen-bond donors (Lipinski definition) is 0. The molecule has 1 aromatic rings. The van der Waals surface area contributed by atoms with E-state index < -0.39 is 11.7 Å². The van der Waals surface area contributed by atoms with Crippen LogP contribution in [0.15, 0.2) is 12.4 Å². The van der Waals surface area contributed by atoms with Gasteiger partial charge in [0.2, 0.25) is 5.91 Å². The van der Waals surface area contributed by atoms with Crippen LogP contribution in [0.5, 0.6) is 0 Å². The van der Waals surface area contributed by atoms with E-state index in [2.05, 4.69) is 9.55 Å². The van der Waals surface area contributed by atoms with Crippen molar-refractivity contribution in [1.82, 2.24) is 19.4 Å². The molecule has 0 saturated carbocycles. The number of fused-ring (bicyclic) bond motifs is 2. The number of imidazole rings is 1. The summed E-state index contributed by atoms with van der Waals surface area (Å²) in [4.78, 5) is 32.7. The zero-order chi connectivity index (χ0) is 16.7. The first kappa shape index (κ1) is 15.6. The smallest absolute Gasteiger partial charge is 0.253 e. The molecule has 7 heteroatoms. The average molecular weight is 332 g/mol. The van der Waals surface area contributed by atoms with Crippen molar-refractivity contribution in [3.8, 4) is 0 Å². The summed E-state index contributed by atoms with van der Waals surface area (Å²) in [5, 5.41) is 0. The van der Waals surface area contributed by atoms with Gasteiger partial charge in [-0.1, -0.05) is 0 Å². The van der Waals surface area contributed by atoms with Gasteiger partial charge in [0.05, 0.1) is 6.54 Å². The van der Waals surface area contributed by atoms with Crippen LogP contribution in [0, 0.1) is 0 Å². The molecule has 24 heavy (non-hydrogen) atoms. The minimum atomic E-state index is -0.548. The Bertz CT molecular complexity index is 642. The molecule has 0 aliphatic carbocycles. The quantitative estimate of drug-likeness (QED) is 0.761. The Balaban J connectivity index is 1.58. The van der Waals surface area contributed by atoms with Gasteiger partial charge in [-0.3, -0.25) is 9.59 Å². The van der Waals surface area contributed by atoms with Crippen LogP contribution in [0.3, 0.4) is 0 Å². The third-order valence-electron chi connectivity index (χ3n) is 5.56. The van der Waals surface area contributed by atoms with Crippen LogP contribution in [-0.2, 0) is 26.5 Å². The topological polar surface area (TPSA) is 67.7 Å². The molecule has 2 fully saturated rings. The average Bonchev–Trinajstić information content (AvgIpc) is 3.26. The van der Waals surface area contributed by atoms with Crippen molar-refractivity contribution >= 4 is 11.8 Å². The fraction of sp³-hybridized carbons (Fsp3) is 0.706. The van der Waals surface area contributed by atoms with Crippen LogP contribution >= 0.6 is 0 Å². The molecule has 3 aliphatic rings. The van der Waals surface area contributed by atoms with Crippen LogP contribution in [0.2, 0.25) is 0 Å². The lowest BCUT2D eigenvalue weighted by Gasteiger charge is -2.45. The Morgan fingerprint density at radius 1 is 1.17 bits per heavy atom. The lowest BCUT2D eigenvalue weighted by molar-refractivity contribution is -0.181. The molecule has 7 nitrogen and oxygen atoms in total. The van der Waals surface area contributed by atoms with E-state index in [1.54, 1.807) is 13.1 Å². The molecule has 2 amide bonds. The predicted octanol–water partition coefficient (Wildman–Crippen LogP) is 0.742. The monoisotopic (exact) mass is 332 g/mol. The number of carbonyl (C=O) groups excluding carboxylic acids is 2. The van der Waals surface area contributed by atoms with Crippen LogP contribution < -0.4 is 0 Å². The number of piperidine rings is 1. The van der Waals surface area contributed by atoms with E-state index >= 15 is 0 Å². The van der Waals surface area contributed by atoms with E-state index in [9.17, 15) is 9.59 Å². The first-order valence-electron chi connectivity index (χ1n) is 8.83. The third-order valence-corrected chi connectivity index (χ3v) is 5.56. The highest BCUT2D eigenvalue weighted by Gasteiger charge is 2.48. The molecule has 3 aliphatic heterocycles. The molecule has 1 aromatic heterocycles. The maximum absolute atomic E-state index is 12.8. The summed E-state index contributed by atoms with van der Waals surface area (Å²) in [6.07, 6.45) is 6.79. The second-order valence-electron chi connectivity index (χ2n) is 7.04. The van der Waals surface area contributed by atoms with Gasteiger partial charge < -0.3 is 19.1 Å². The summed E-state index contributed by atoms with van der Waals surface area (Å²) in [6, 6.07) is 0. The molecule has 0 N–H and O–H groups in total. The van der Waals surface area contributed by atoms with E-state index in [0.29, 0.717) is 32.5 Å². The number of ether oxygens (including phenoxy) is 1. The minimum absolute atomic E-state index is 0.0914. The molecule has 2 saturated heterocycles. The van der Waals surface area contributed by atoms with Gasteiger partial charge in [0.25, 0.3) is 5.91 Å². The normalized spacial score (nSPS) is 25.8. The van der Waals surface area contributed by atoms with Gasteiger partial charge in [-0.05, 0) is 12.8 Å². The Morgan fingerprint density at radius 2 is 1.88 bits per heavy atom. The molecule has 130 valence electrons. The van der Waals surface area contributed by atoms with Gasteiger partial charge in [-0.25, -0.2) is 4.98 Å². The second-order valence-corrected chi connectivity index (χ2v) is 7.04. The van der Waals surface area contributed by atoms with Crippen LogP contribution in [0.4, 0.5) is 0 Å². The molecule has 4 rings (SSSR count). The van der Waals surface area contributed by atoms with Crippen LogP contribution in [-0.4, -0.2) is 63.4 Å². The number of aromatic nitrogens is 2. The maximum Gasteiger partial charge on any atom is 0.253 e. The zero-order valence-electron chi connectivity index (χ0n) is 14.1. The van der Waals surface area contributed by atoms with Crippen molar-refractivity contribution in [2.75, 3.05) is 26.2 Å². The number of carbonyl (C=O) groups is 2. The SMILES string of the molecule is CC(=O)N1CCC2(CC1)OC(C(=O)N1CCCC1)Cn1ccnc12. The molecule has 1 unspecified atom stereocenters. The van der Waals surface area contributed by atoms with E-state index in [1.165, 1.54) is 0 Å². The fourth-order valence-corrected chi connectivity index (χ4v) is 4.19. The van der Waals surface area contributed by atoms with Crippen molar-refractivity contribution in [3.63, 3.8) is 0 Å². The largest absolute Gasteiger partial charge is 0.352 e. The van der Waals surface area contributed by atoms with E-state index in [1.807, 2.05) is 16.0 Å². The van der Waals surface area contributed by atoms with E-state index in [-0.39, 0.29) is 11.8 Å². The first-order valence-corrected chi connectivity index (χ1v) is 8.83. The molecular formula is C17H24N4O3. The Morgan fingerprint density at radius 3 is 2.54 bits per heavy atom. The summed E-state index contributed by atoms with van der Waals surface area (Å²) in [6.45, 7) is 5.09. The van der Waals surface area contributed by atoms with Crippen molar-refractivity contribution in [3.05, 3.63) is 18.2 Å². The summed E-state index contributed by atoms with van der Waals surface area (Å²) in [7, 11) is 0. The number of nitrogens with zero attached hydrogens (tertiary/aromatic N) is 4. The van der Waals surface area contributed by atoms with Gasteiger partial charge >= 0.3 is 0 Å². The summed E-state index contributed by atoms with van der Waals surface area (Å²) < 4.78 is 8.45. The molecular weight excluding hydrogens is 308 g/mol. The highest BCUT2D eigenvalue weighted by molar-refractivity contribution is 5.81.